The van der Waals surface area contributed by atoms with E-state index in [1.807, 2.05) is 0 Å². The van der Waals surface area contributed by atoms with Crippen molar-refractivity contribution in [2.45, 2.75) is 141 Å². The molecule has 6 atom stereocenters. The lowest BCUT2D eigenvalue weighted by Crippen LogP contribution is -2.62. The molecular formula is C43H61FN6O10. The lowest BCUT2D eigenvalue weighted by atomic mass is 9.81. The molecule has 1 saturated heterocycles. The number of ether oxygens (including phenoxy) is 1. The van der Waals surface area contributed by atoms with Gasteiger partial charge in [0.1, 0.15) is 36.4 Å². The summed E-state index contributed by atoms with van der Waals surface area (Å²) < 4.78 is 19.9. The number of carboxylic acid groups (broad SMARTS) is 1. The molecule has 1 aliphatic heterocycles. The van der Waals surface area contributed by atoms with Crippen LogP contribution in [0.2, 0.25) is 0 Å². The minimum absolute atomic E-state index is 0.0800. The number of carbonyl (C=O) groups is 8. The van der Waals surface area contributed by atoms with E-state index in [0.717, 1.165) is 62.3 Å². The molecule has 3 fully saturated rings. The van der Waals surface area contributed by atoms with Gasteiger partial charge in [-0.2, -0.15) is 0 Å². The maximum atomic E-state index is 15.3. The fraction of sp³-hybridized carbons (Fsp3) is 0.628. The zero-order chi connectivity index (χ0) is 44.1. The molecule has 1 aromatic rings. The van der Waals surface area contributed by atoms with Gasteiger partial charge in [0.25, 0.3) is 5.91 Å². The molecule has 60 heavy (non-hydrogen) atoms. The van der Waals surface area contributed by atoms with Crippen molar-refractivity contribution in [3.63, 3.8) is 0 Å². The summed E-state index contributed by atoms with van der Waals surface area (Å²) in [7, 11) is 1.19. The number of methoxy groups -OCH3 is 1. The number of hydrogen-bond acceptors (Lipinski definition) is 9. The van der Waals surface area contributed by atoms with E-state index in [-0.39, 0.29) is 42.2 Å². The smallest absolute Gasteiger partial charge is 0.336 e. The highest BCUT2D eigenvalue weighted by molar-refractivity contribution is 6.06. The van der Waals surface area contributed by atoms with Crippen LogP contribution in [0.5, 0.6) is 0 Å². The van der Waals surface area contributed by atoms with Crippen molar-refractivity contribution in [1.29, 1.82) is 0 Å². The first-order valence-corrected chi connectivity index (χ1v) is 21.0. The molecule has 2 saturated carbocycles. The van der Waals surface area contributed by atoms with Gasteiger partial charge in [-0.25, -0.2) is 14.0 Å². The lowest BCUT2D eigenvalue weighted by molar-refractivity contribution is -0.145. The third-order valence-electron chi connectivity index (χ3n) is 11.8. The Morgan fingerprint density at radius 2 is 1.43 bits per heavy atom. The predicted octanol–water partition coefficient (Wildman–Crippen LogP) is 3.08. The van der Waals surface area contributed by atoms with E-state index in [1.54, 1.807) is 20.8 Å². The number of halogens is 1. The zero-order valence-electron chi connectivity index (χ0n) is 35.0. The number of allylic oxidation sites excluding steroid dienone is 1. The van der Waals surface area contributed by atoms with Crippen LogP contribution in [0.25, 0.3) is 0 Å². The molecule has 3 aliphatic rings. The molecule has 0 aromatic heterocycles. The van der Waals surface area contributed by atoms with Gasteiger partial charge in [-0.15, -0.1) is 0 Å². The number of nitrogens with one attached hydrogen (secondary N) is 4. The quantitative estimate of drug-likeness (QED) is 0.0989. The number of likely N-dealkylation sites (tertiary alicyclic amines) is 1. The molecule has 17 heteroatoms. The van der Waals surface area contributed by atoms with Crippen molar-refractivity contribution in [2.75, 3.05) is 13.7 Å². The Morgan fingerprint density at radius 3 is 1.98 bits per heavy atom. The van der Waals surface area contributed by atoms with E-state index >= 15 is 4.39 Å². The molecule has 1 heterocycles. The molecule has 0 radical (unpaired) electrons. The van der Waals surface area contributed by atoms with Gasteiger partial charge in [0.2, 0.25) is 29.5 Å². The molecule has 330 valence electrons. The van der Waals surface area contributed by atoms with E-state index < -0.39 is 95.7 Å². The summed E-state index contributed by atoms with van der Waals surface area (Å²) in [4.78, 5) is 107. The minimum atomic E-state index is -1.60. The Morgan fingerprint density at radius 1 is 0.850 bits per heavy atom. The van der Waals surface area contributed by atoms with Crippen molar-refractivity contribution in [2.24, 2.45) is 23.0 Å². The van der Waals surface area contributed by atoms with E-state index in [1.165, 1.54) is 37.5 Å². The SMILES string of the molecule is COC(=O)/C=C/CC[C@H](NC(=O)c1ccccc1C(=O)O)C(=O)N[C@H](C(=O)N1C[C@H](F)C[C@H]1C(=O)N[C@H](C(=O)N[C@H](C(N)=O)C1CCCCC1)C1CCCCC1)C(C)(C)C. The molecule has 0 bridgehead atoms. The molecule has 1 aromatic carbocycles. The maximum absolute atomic E-state index is 15.3. The van der Waals surface area contributed by atoms with Gasteiger partial charge in [0.05, 0.1) is 24.8 Å². The van der Waals surface area contributed by atoms with Crippen LogP contribution in [0.1, 0.15) is 125 Å². The molecular weight excluding hydrogens is 780 g/mol. The van der Waals surface area contributed by atoms with Crippen LogP contribution in [0.15, 0.2) is 36.4 Å². The van der Waals surface area contributed by atoms with Gasteiger partial charge >= 0.3 is 11.9 Å². The first kappa shape index (κ1) is 47.3. The number of amides is 6. The van der Waals surface area contributed by atoms with Crippen LogP contribution in [0.3, 0.4) is 0 Å². The number of esters is 1. The summed E-state index contributed by atoms with van der Waals surface area (Å²) in [6, 6.07) is -0.606. The Hall–Kier alpha value is -5.35. The summed E-state index contributed by atoms with van der Waals surface area (Å²) in [5.74, 6) is -6.86. The number of alkyl halides is 1. The third kappa shape index (κ3) is 12.8. The van der Waals surface area contributed by atoms with E-state index in [4.69, 9.17) is 5.73 Å². The van der Waals surface area contributed by atoms with Gasteiger partial charge in [-0.05, 0) is 67.9 Å². The van der Waals surface area contributed by atoms with Crippen LogP contribution >= 0.6 is 0 Å². The number of nitrogens with zero attached hydrogens (tertiary/aromatic N) is 1. The highest BCUT2D eigenvalue weighted by Gasteiger charge is 2.47. The van der Waals surface area contributed by atoms with Gasteiger partial charge < -0.3 is 41.7 Å². The second-order valence-corrected chi connectivity index (χ2v) is 17.2. The lowest BCUT2D eigenvalue weighted by Gasteiger charge is -2.37. The number of nitrogens with two attached hydrogens (primary N) is 1. The van der Waals surface area contributed by atoms with E-state index in [0.29, 0.717) is 12.8 Å². The van der Waals surface area contributed by atoms with E-state index in [9.17, 15) is 43.5 Å². The molecule has 4 rings (SSSR count). The number of benzene rings is 1. The average molecular weight is 841 g/mol. The van der Waals surface area contributed by atoms with Crippen LogP contribution in [0.4, 0.5) is 4.39 Å². The maximum Gasteiger partial charge on any atom is 0.336 e. The Labute approximate surface area is 350 Å². The Bertz CT molecular complexity index is 1770. The van der Waals surface area contributed by atoms with Crippen molar-refractivity contribution in [1.82, 2.24) is 26.2 Å². The zero-order valence-corrected chi connectivity index (χ0v) is 35.0. The normalized spacial score (nSPS) is 20.9. The standard InChI is InChI=1S/C43H61FN6O10/c1-43(2,3)35(49-38(54)30(21-13-14-22-32(51)60-4)46-37(53)28-19-11-12-20-29(28)42(58)59)41(57)50-24-27(44)23-31(50)39(55)48-34(26-17-9-6-10-18-26)40(56)47-33(36(45)52)25-15-7-5-8-16-25/h11-12,14,19-20,22,25-27,30-31,33-35H,5-10,13,15-18,21,23-24H2,1-4H3,(H2,45,52)(H,46,53)(H,47,56)(H,48,55)(H,49,54)(H,58,59)/b22-14+/t27-,30+,31+,33+,34+,35-/m1/s1. The van der Waals surface area contributed by atoms with Crippen LogP contribution in [-0.2, 0) is 33.5 Å². The topological polar surface area (TPSA) is 243 Å². The summed E-state index contributed by atoms with van der Waals surface area (Å²) in [5, 5.41) is 20.6. The van der Waals surface area contributed by atoms with Gasteiger partial charge in [0.15, 0.2) is 0 Å². The second-order valence-electron chi connectivity index (χ2n) is 17.2. The van der Waals surface area contributed by atoms with Gasteiger partial charge in [0, 0.05) is 12.5 Å². The van der Waals surface area contributed by atoms with Gasteiger partial charge in [-0.3, -0.25) is 28.8 Å². The van der Waals surface area contributed by atoms with Crippen molar-refractivity contribution < 1.29 is 52.6 Å². The molecule has 0 spiro atoms. The van der Waals surface area contributed by atoms with Crippen molar-refractivity contribution >= 4 is 47.4 Å². The molecule has 7 N–H and O–H groups in total. The summed E-state index contributed by atoms with van der Waals surface area (Å²) >= 11 is 0. The van der Waals surface area contributed by atoms with E-state index in [2.05, 4.69) is 26.0 Å². The number of carboxylic acids is 1. The van der Waals surface area contributed by atoms with Crippen molar-refractivity contribution in [3.05, 3.63) is 47.5 Å². The average Bonchev–Trinajstić information content (AvgIpc) is 3.63. The highest BCUT2D eigenvalue weighted by atomic mass is 19.1. The number of aromatic carboxylic acids is 1. The molecule has 6 amide bonds. The molecule has 16 nitrogen and oxygen atoms in total. The van der Waals surface area contributed by atoms with Crippen molar-refractivity contribution in [3.8, 4) is 0 Å². The third-order valence-corrected chi connectivity index (χ3v) is 11.8. The number of primary amides is 1. The fourth-order valence-corrected chi connectivity index (χ4v) is 8.46. The summed E-state index contributed by atoms with van der Waals surface area (Å²) in [6.07, 6.45) is 8.79. The molecule has 0 unspecified atom stereocenters. The van der Waals surface area contributed by atoms with Crippen LogP contribution in [-0.4, -0.2) is 107 Å². The Balaban J connectivity index is 1.57. The molecule has 2 aliphatic carbocycles. The predicted molar refractivity (Wildman–Crippen MR) is 218 cm³/mol. The Kier molecular flexibility index (Phi) is 17.2. The second kappa shape index (κ2) is 21.8. The first-order valence-electron chi connectivity index (χ1n) is 21.0. The highest BCUT2D eigenvalue weighted by Crippen LogP contribution is 2.31. The van der Waals surface area contributed by atoms with Crippen LogP contribution < -0.4 is 27.0 Å². The van der Waals surface area contributed by atoms with Gasteiger partial charge in [-0.1, -0.05) is 77.5 Å². The minimum Gasteiger partial charge on any atom is -0.478 e. The number of hydrogen-bond donors (Lipinski definition) is 6. The fourth-order valence-electron chi connectivity index (χ4n) is 8.46. The number of carbonyl (C=O) groups excluding carboxylic acids is 7. The monoisotopic (exact) mass is 840 g/mol. The first-order chi connectivity index (χ1) is 28.4. The van der Waals surface area contributed by atoms with Crippen LogP contribution in [0, 0.1) is 17.3 Å². The summed E-state index contributed by atoms with van der Waals surface area (Å²) in [5.41, 5.74) is 4.23. The largest absolute Gasteiger partial charge is 0.478 e. The number of rotatable bonds is 17. The summed E-state index contributed by atoms with van der Waals surface area (Å²) in [6.45, 7) is 4.52.